The molecule has 2 rings (SSSR count). The molecule has 0 saturated heterocycles. The van der Waals surface area contributed by atoms with Gasteiger partial charge in [-0.25, -0.2) is 4.98 Å². The minimum absolute atomic E-state index is 0.0429. The molecule has 0 atom stereocenters. The summed E-state index contributed by atoms with van der Waals surface area (Å²) in [7, 11) is 1.71. The van der Waals surface area contributed by atoms with Gasteiger partial charge >= 0.3 is 0 Å². The van der Waals surface area contributed by atoms with Crippen LogP contribution in [0.5, 0.6) is 0 Å². The van der Waals surface area contributed by atoms with Gasteiger partial charge in [-0.2, -0.15) is 5.10 Å². The summed E-state index contributed by atoms with van der Waals surface area (Å²) in [5, 5.41) is 4.75. The van der Waals surface area contributed by atoms with Crippen LogP contribution >= 0.6 is 27.3 Å². The van der Waals surface area contributed by atoms with Crippen LogP contribution in [0.3, 0.4) is 0 Å². The van der Waals surface area contributed by atoms with Crippen molar-refractivity contribution in [1.29, 1.82) is 0 Å². The van der Waals surface area contributed by atoms with Crippen LogP contribution in [0.1, 0.15) is 5.69 Å². The molecule has 7 heteroatoms. The van der Waals surface area contributed by atoms with Gasteiger partial charge in [0.25, 0.3) is 0 Å². The molecule has 0 aromatic carbocycles. The molecule has 0 aliphatic heterocycles. The van der Waals surface area contributed by atoms with E-state index in [1.54, 1.807) is 24.1 Å². The lowest BCUT2D eigenvalue weighted by atomic mass is 10.4. The van der Waals surface area contributed by atoms with Crippen LogP contribution in [-0.4, -0.2) is 27.7 Å². The molecule has 0 radical (unpaired) electrons. The van der Waals surface area contributed by atoms with Gasteiger partial charge in [-0.1, -0.05) is 11.3 Å². The van der Waals surface area contributed by atoms with Crippen molar-refractivity contribution >= 4 is 38.3 Å². The molecule has 0 aliphatic rings. The zero-order valence-corrected chi connectivity index (χ0v) is 11.8. The predicted octanol–water partition coefficient (Wildman–Crippen LogP) is 2.07. The van der Waals surface area contributed by atoms with E-state index < -0.39 is 0 Å². The molecule has 2 aromatic rings. The number of hydrogen-bond acceptors (Lipinski definition) is 4. The smallest absolute Gasteiger partial charge is 0.250 e. The van der Waals surface area contributed by atoms with Crippen LogP contribution in [0.25, 0.3) is 0 Å². The van der Waals surface area contributed by atoms with E-state index in [1.807, 2.05) is 13.0 Å². The molecule has 17 heavy (non-hydrogen) atoms. The average molecular weight is 315 g/mol. The van der Waals surface area contributed by atoms with E-state index in [-0.39, 0.29) is 12.5 Å². The molecular formula is C10H11BrN4OS. The van der Waals surface area contributed by atoms with Gasteiger partial charge in [-0.3, -0.25) is 14.4 Å². The van der Waals surface area contributed by atoms with Crippen molar-refractivity contribution in [1.82, 2.24) is 14.8 Å². The van der Waals surface area contributed by atoms with Crippen LogP contribution in [0, 0.1) is 6.92 Å². The minimum atomic E-state index is -0.0429. The minimum Gasteiger partial charge on any atom is -0.290 e. The first-order valence-corrected chi connectivity index (χ1v) is 6.55. The number of carbonyl (C=O) groups excluding carboxylic acids is 1. The summed E-state index contributed by atoms with van der Waals surface area (Å²) >= 11 is 4.74. The first-order chi connectivity index (χ1) is 8.08. The molecule has 2 aromatic heterocycles. The number of carbonyl (C=O) groups is 1. The van der Waals surface area contributed by atoms with Gasteiger partial charge in [0.15, 0.2) is 5.13 Å². The summed E-state index contributed by atoms with van der Waals surface area (Å²) in [5.74, 6) is -0.0429. The molecule has 0 N–H and O–H groups in total. The Morgan fingerprint density at radius 3 is 2.94 bits per heavy atom. The van der Waals surface area contributed by atoms with E-state index in [1.165, 1.54) is 16.2 Å². The Balaban J connectivity index is 2.08. The molecular weight excluding hydrogens is 304 g/mol. The zero-order valence-electron chi connectivity index (χ0n) is 9.42. The summed E-state index contributed by atoms with van der Waals surface area (Å²) in [4.78, 5) is 17.7. The zero-order chi connectivity index (χ0) is 12.4. The molecule has 2 heterocycles. The topological polar surface area (TPSA) is 51.0 Å². The Morgan fingerprint density at radius 1 is 1.65 bits per heavy atom. The lowest BCUT2D eigenvalue weighted by molar-refractivity contribution is -0.119. The number of aromatic nitrogens is 3. The Kier molecular flexibility index (Phi) is 3.58. The second-order valence-corrected chi connectivity index (χ2v) is 5.92. The third-order valence-corrected chi connectivity index (χ3v) is 3.89. The van der Waals surface area contributed by atoms with Crippen LogP contribution in [0.15, 0.2) is 22.2 Å². The fourth-order valence-corrected chi connectivity index (χ4v) is 2.47. The number of nitrogens with zero attached hydrogens (tertiary/aromatic N) is 4. The Labute approximate surface area is 111 Å². The molecule has 0 fully saturated rings. The van der Waals surface area contributed by atoms with Crippen molar-refractivity contribution < 1.29 is 4.79 Å². The van der Waals surface area contributed by atoms with Crippen molar-refractivity contribution in [3.8, 4) is 0 Å². The predicted molar refractivity (Wildman–Crippen MR) is 70.2 cm³/mol. The second-order valence-electron chi connectivity index (χ2n) is 3.53. The molecule has 0 bridgehead atoms. The van der Waals surface area contributed by atoms with E-state index in [0.717, 1.165) is 9.48 Å². The fourth-order valence-electron chi connectivity index (χ4n) is 1.31. The van der Waals surface area contributed by atoms with Gasteiger partial charge in [-0.15, -0.1) is 0 Å². The number of hydrogen-bond donors (Lipinski definition) is 0. The van der Waals surface area contributed by atoms with Gasteiger partial charge in [0.05, 0.1) is 9.98 Å². The molecule has 0 unspecified atom stereocenters. The third-order valence-electron chi connectivity index (χ3n) is 2.34. The van der Waals surface area contributed by atoms with Gasteiger partial charge in [0, 0.05) is 18.9 Å². The van der Waals surface area contributed by atoms with Crippen LogP contribution in [-0.2, 0) is 11.3 Å². The van der Waals surface area contributed by atoms with E-state index in [2.05, 4.69) is 26.0 Å². The molecule has 5 nitrogen and oxygen atoms in total. The Morgan fingerprint density at radius 2 is 2.41 bits per heavy atom. The molecule has 1 amide bonds. The fraction of sp³-hybridized carbons (Fsp3) is 0.300. The van der Waals surface area contributed by atoms with Crippen LogP contribution in [0.4, 0.5) is 5.13 Å². The maximum atomic E-state index is 12.0. The highest BCUT2D eigenvalue weighted by Crippen LogP contribution is 2.25. The monoisotopic (exact) mass is 314 g/mol. The SMILES string of the molecule is Cc1ccnn1CC(=O)N(C)c1ncc(Br)s1. The summed E-state index contributed by atoms with van der Waals surface area (Å²) < 4.78 is 2.57. The van der Waals surface area contributed by atoms with Crippen molar-refractivity contribution in [2.24, 2.45) is 0 Å². The maximum Gasteiger partial charge on any atom is 0.250 e. The van der Waals surface area contributed by atoms with Gasteiger partial charge in [0.2, 0.25) is 5.91 Å². The van der Waals surface area contributed by atoms with Crippen molar-refractivity contribution in [2.75, 3.05) is 11.9 Å². The number of rotatable bonds is 3. The second kappa shape index (κ2) is 4.97. The highest BCUT2D eigenvalue weighted by molar-refractivity contribution is 9.11. The highest BCUT2D eigenvalue weighted by atomic mass is 79.9. The number of aryl methyl sites for hydroxylation is 1. The van der Waals surface area contributed by atoms with Gasteiger partial charge < -0.3 is 0 Å². The quantitative estimate of drug-likeness (QED) is 0.871. The summed E-state index contributed by atoms with van der Waals surface area (Å²) in [6.07, 6.45) is 3.37. The van der Waals surface area contributed by atoms with Gasteiger partial charge in [0.1, 0.15) is 6.54 Å². The number of amides is 1. The van der Waals surface area contributed by atoms with Crippen molar-refractivity contribution in [3.63, 3.8) is 0 Å². The van der Waals surface area contributed by atoms with Crippen molar-refractivity contribution in [2.45, 2.75) is 13.5 Å². The van der Waals surface area contributed by atoms with Crippen LogP contribution in [0.2, 0.25) is 0 Å². The maximum absolute atomic E-state index is 12.0. The normalized spacial score (nSPS) is 10.5. The van der Waals surface area contributed by atoms with Gasteiger partial charge in [-0.05, 0) is 28.9 Å². The number of thiazole rings is 1. The Bertz CT molecular complexity index is 536. The first-order valence-electron chi connectivity index (χ1n) is 4.94. The number of anilines is 1. The highest BCUT2D eigenvalue weighted by Gasteiger charge is 2.15. The summed E-state index contributed by atoms with van der Waals surface area (Å²) in [6.45, 7) is 2.15. The average Bonchev–Trinajstić information content (AvgIpc) is 2.88. The molecule has 0 aliphatic carbocycles. The number of halogens is 1. The van der Waals surface area contributed by atoms with Crippen LogP contribution < -0.4 is 4.90 Å². The first kappa shape index (κ1) is 12.3. The van der Waals surface area contributed by atoms with E-state index >= 15 is 0 Å². The molecule has 0 spiro atoms. The van der Waals surface area contributed by atoms with Crippen molar-refractivity contribution in [3.05, 3.63) is 27.9 Å². The lowest BCUT2D eigenvalue weighted by Gasteiger charge is -2.14. The number of likely N-dealkylation sites (N-methyl/N-ethyl adjacent to an activating group) is 1. The lowest BCUT2D eigenvalue weighted by Crippen LogP contribution is -2.30. The molecule has 90 valence electrons. The van der Waals surface area contributed by atoms with E-state index in [0.29, 0.717) is 5.13 Å². The largest absolute Gasteiger partial charge is 0.290 e. The molecule has 0 saturated carbocycles. The Hall–Kier alpha value is -1.21. The van der Waals surface area contributed by atoms with E-state index in [4.69, 9.17) is 0 Å². The van der Waals surface area contributed by atoms with E-state index in [9.17, 15) is 4.79 Å². The third kappa shape index (κ3) is 2.73. The standard InChI is InChI=1S/C10H11BrN4OS/c1-7-3-4-13-15(7)6-9(16)14(2)10-12-5-8(11)17-10/h3-5H,6H2,1-2H3. The summed E-state index contributed by atoms with van der Waals surface area (Å²) in [5.41, 5.74) is 0.965. The summed E-state index contributed by atoms with van der Waals surface area (Å²) in [6, 6.07) is 1.87.